The number of nitrogens with one attached hydrogen (secondary N) is 1. The molecular formula is C20H31NO2. The number of rotatable bonds is 4. The van der Waals surface area contributed by atoms with Crippen molar-refractivity contribution in [3.63, 3.8) is 0 Å². The smallest absolute Gasteiger partial charge is 0.258 e. The predicted octanol–water partition coefficient (Wildman–Crippen LogP) is 4.40. The van der Waals surface area contributed by atoms with E-state index >= 15 is 0 Å². The second-order valence-corrected chi connectivity index (χ2v) is 8.04. The monoisotopic (exact) mass is 317 g/mol. The van der Waals surface area contributed by atoms with Crippen molar-refractivity contribution in [2.75, 3.05) is 6.61 Å². The normalized spacial score (nSPS) is 21.8. The number of ether oxygens (including phenoxy) is 1. The van der Waals surface area contributed by atoms with Crippen molar-refractivity contribution >= 4 is 5.91 Å². The van der Waals surface area contributed by atoms with Crippen LogP contribution in [0.25, 0.3) is 0 Å². The van der Waals surface area contributed by atoms with Gasteiger partial charge in [0.1, 0.15) is 5.75 Å². The molecule has 3 nitrogen and oxygen atoms in total. The van der Waals surface area contributed by atoms with Crippen LogP contribution in [0, 0.1) is 25.2 Å². The lowest BCUT2D eigenvalue weighted by Crippen LogP contribution is -2.41. The highest BCUT2D eigenvalue weighted by atomic mass is 16.5. The van der Waals surface area contributed by atoms with Crippen molar-refractivity contribution in [2.45, 2.75) is 66.3 Å². The summed E-state index contributed by atoms with van der Waals surface area (Å²) in [5.74, 6) is 1.55. The molecule has 0 aromatic heterocycles. The zero-order chi connectivity index (χ0) is 17.0. The predicted molar refractivity (Wildman–Crippen MR) is 94.8 cm³/mol. The molecule has 0 heterocycles. The molecule has 1 aliphatic carbocycles. The molecule has 0 unspecified atom stereocenters. The number of amides is 1. The number of hydrogen-bond donors (Lipinski definition) is 1. The molecule has 0 atom stereocenters. The summed E-state index contributed by atoms with van der Waals surface area (Å²) in [4.78, 5) is 12.1. The van der Waals surface area contributed by atoms with E-state index in [1.807, 2.05) is 19.1 Å². The molecule has 1 aromatic carbocycles. The van der Waals surface area contributed by atoms with Gasteiger partial charge in [0.05, 0.1) is 0 Å². The van der Waals surface area contributed by atoms with Crippen LogP contribution >= 0.6 is 0 Å². The number of hydrogen-bond acceptors (Lipinski definition) is 2. The third-order valence-electron chi connectivity index (χ3n) is 5.01. The average Bonchev–Trinajstić information content (AvgIpc) is 2.46. The van der Waals surface area contributed by atoms with Gasteiger partial charge in [-0.2, -0.15) is 0 Å². The van der Waals surface area contributed by atoms with Gasteiger partial charge < -0.3 is 10.1 Å². The minimum Gasteiger partial charge on any atom is -0.484 e. The van der Waals surface area contributed by atoms with Gasteiger partial charge in [0.25, 0.3) is 5.91 Å². The van der Waals surface area contributed by atoms with Crippen LogP contribution in [-0.4, -0.2) is 18.6 Å². The summed E-state index contributed by atoms with van der Waals surface area (Å²) in [5, 5.41) is 3.13. The Morgan fingerprint density at radius 3 is 2.39 bits per heavy atom. The van der Waals surface area contributed by atoms with E-state index in [0.29, 0.717) is 11.5 Å². The fraction of sp³-hybridized carbons (Fsp3) is 0.650. The minimum atomic E-state index is -0.0100. The largest absolute Gasteiger partial charge is 0.484 e. The van der Waals surface area contributed by atoms with Crippen LogP contribution in [0.4, 0.5) is 0 Å². The Bertz CT molecular complexity index is 537. The van der Waals surface area contributed by atoms with Gasteiger partial charge in [0, 0.05) is 6.04 Å². The first-order valence-corrected chi connectivity index (χ1v) is 8.75. The average molecular weight is 317 g/mol. The van der Waals surface area contributed by atoms with Gasteiger partial charge in [-0.25, -0.2) is 0 Å². The zero-order valence-corrected chi connectivity index (χ0v) is 15.2. The van der Waals surface area contributed by atoms with Gasteiger partial charge in [-0.3, -0.25) is 4.79 Å². The molecule has 3 heteroatoms. The van der Waals surface area contributed by atoms with Gasteiger partial charge in [-0.1, -0.05) is 38.5 Å². The molecule has 128 valence electrons. The van der Waals surface area contributed by atoms with Crippen molar-refractivity contribution in [1.82, 2.24) is 5.32 Å². The Hall–Kier alpha value is -1.51. The van der Waals surface area contributed by atoms with E-state index in [1.165, 1.54) is 18.4 Å². The molecule has 0 saturated heterocycles. The molecule has 0 bridgehead atoms. The maximum Gasteiger partial charge on any atom is 0.258 e. The lowest BCUT2D eigenvalue weighted by atomic mass is 9.71. The summed E-state index contributed by atoms with van der Waals surface area (Å²) < 4.78 is 5.66. The molecule has 0 spiro atoms. The van der Waals surface area contributed by atoms with Gasteiger partial charge in [-0.15, -0.1) is 0 Å². The van der Waals surface area contributed by atoms with E-state index < -0.39 is 0 Å². The molecule has 0 aliphatic heterocycles. The highest BCUT2D eigenvalue weighted by Crippen LogP contribution is 2.37. The molecule has 1 aliphatic rings. The Morgan fingerprint density at radius 1 is 1.17 bits per heavy atom. The van der Waals surface area contributed by atoms with E-state index in [4.69, 9.17) is 4.74 Å². The number of carbonyl (C=O) groups is 1. The van der Waals surface area contributed by atoms with Crippen LogP contribution in [0.2, 0.25) is 0 Å². The van der Waals surface area contributed by atoms with Crippen LogP contribution in [0.1, 0.15) is 57.6 Å². The zero-order valence-electron chi connectivity index (χ0n) is 15.2. The van der Waals surface area contributed by atoms with Crippen molar-refractivity contribution in [3.05, 3.63) is 29.3 Å². The summed E-state index contributed by atoms with van der Waals surface area (Å²) in [5.41, 5.74) is 2.65. The SMILES string of the molecule is Cc1ccc(OCC(=O)NC2CCC(C(C)(C)C)CC2)c(C)c1. The van der Waals surface area contributed by atoms with Crippen LogP contribution in [0.15, 0.2) is 18.2 Å². The van der Waals surface area contributed by atoms with E-state index in [0.717, 1.165) is 30.1 Å². The number of carbonyl (C=O) groups excluding carboxylic acids is 1. The summed E-state index contributed by atoms with van der Waals surface area (Å²) in [6.07, 6.45) is 4.56. The maximum atomic E-state index is 12.1. The fourth-order valence-corrected chi connectivity index (χ4v) is 3.48. The van der Waals surface area contributed by atoms with E-state index in [9.17, 15) is 4.79 Å². The van der Waals surface area contributed by atoms with Gasteiger partial charge in [-0.05, 0) is 62.5 Å². The van der Waals surface area contributed by atoms with E-state index in [-0.39, 0.29) is 12.5 Å². The van der Waals surface area contributed by atoms with Crippen LogP contribution in [-0.2, 0) is 4.79 Å². The van der Waals surface area contributed by atoms with Crippen molar-refractivity contribution < 1.29 is 9.53 Å². The summed E-state index contributed by atoms with van der Waals surface area (Å²) in [6.45, 7) is 11.1. The number of benzene rings is 1. The van der Waals surface area contributed by atoms with Crippen LogP contribution < -0.4 is 10.1 Å². The van der Waals surface area contributed by atoms with Gasteiger partial charge in [0.2, 0.25) is 0 Å². The summed E-state index contributed by atoms with van der Waals surface area (Å²) in [6, 6.07) is 6.32. The Balaban J connectivity index is 1.75. The fourth-order valence-electron chi connectivity index (χ4n) is 3.48. The lowest BCUT2D eigenvalue weighted by Gasteiger charge is -2.37. The molecule has 0 radical (unpaired) electrons. The van der Waals surface area contributed by atoms with Gasteiger partial charge >= 0.3 is 0 Å². The quantitative estimate of drug-likeness (QED) is 0.893. The molecule has 1 fully saturated rings. The molecule has 1 saturated carbocycles. The Labute approximate surface area is 140 Å². The first-order chi connectivity index (χ1) is 10.8. The molecule has 1 amide bonds. The van der Waals surface area contributed by atoms with Crippen molar-refractivity contribution in [1.29, 1.82) is 0 Å². The van der Waals surface area contributed by atoms with Crippen LogP contribution in [0.5, 0.6) is 5.75 Å². The summed E-state index contributed by atoms with van der Waals surface area (Å²) in [7, 11) is 0. The second kappa shape index (κ2) is 7.37. The molecule has 23 heavy (non-hydrogen) atoms. The van der Waals surface area contributed by atoms with Crippen molar-refractivity contribution in [3.8, 4) is 5.75 Å². The molecule has 1 N–H and O–H groups in total. The Morgan fingerprint density at radius 2 is 1.83 bits per heavy atom. The highest BCUT2D eigenvalue weighted by molar-refractivity contribution is 5.77. The van der Waals surface area contributed by atoms with E-state index in [2.05, 4.69) is 39.1 Å². The van der Waals surface area contributed by atoms with Crippen LogP contribution in [0.3, 0.4) is 0 Å². The first kappa shape index (κ1) is 17.8. The second-order valence-electron chi connectivity index (χ2n) is 8.04. The maximum absolute atomic E-state index is 12.1. The third-order valence-corrected chi connectivity index (χ3v) is 5.01. The first-order valence-electron chi connectivity index (χ1n) is 8.75. The topological polar surface area (TPSA) is 38.3 Å². The van der Waals surface area contributed by atoms with Gasteiger partial charge in [0.15, 0.2) is 6.61 Å². The highest BCUT2D eigenvalue weighted by Gasteiger charge is 2.30. The van der Waals surface area contributed by atoms with E-state index in [1.54, 1.807) is 0 Å². The molecule has 2 rings (SSSR count). The lowest BCUT2D eigenvalue weighted by molar-refractivity contribution is -0.124. The summed E-state index contributed by atoms with van der Waals surface area (Å²) >= 11 is 0. The molecular weight excluding hydrogens is 286 g/mol. The van der Waals surface area contributed by atoms with Crippen molar-refractivity contribution in [2.24, 2.45) is 11.3 Å². The molecule has 1 aromatic rings. The minimum absolute atomic E-state index is 0.0100. The Kier molecular flexibility index (Phi) is 5.72. The standard InChI is InChI=1S/C20H31NO2/c1-14-6-11-18(15(2)12-14)23-13-19(22)21-17-9-7-16(8-10-17)20(3,4)5/h6,11-12,16-17H,7-10,13H2,1-5H3,(H,21,22). The third kappa shape index (κ3) is 5.26. The number of aryl methyl sites for hydroxylation is 2.